The molecule has 1 aromatic rings. The highest BCUT2D eigenvalue weighted by Crippen LogP contribution is 2.46. The van der Waals surface area contributed by atoms with E-state index in [1.54, 1.807) is 4.68 Å². The topological polar surface area (TPSA) is 80.9 Å². The molecule has 0 aromatic carbocycles. The minimum Gasteiger partial charge on any atom is -0.481 e. The fourth-order valence-electron chi connectivity index (χ4n) is 1.99. The van der Waals surface area contributed by atoms with Crippen LogP contribution >= 0.6 is 0 Å². The average Bonchev–Trinajstić information content (AvgIpc) is 2.79. The van der Waals surface area contributed by atoms with E-state index in [0.717, 1.165) is 18.7 Å². The maximum Gasteiger partial charge on any atom is 0.305 e. The summed E-state index contributed by atoms with van der Waals surface area (Å²) in [5.41, 5.74) is 0. The van der Waals surface area contributed by atoms with Crippen molar-refractivity contribution in [3.05, 3.63) is 5.82 Å². The van der Waals surface area contributed by atoms with Gasteiger partial charge in [-0.1, -0.05) is 13.8 Å². The normalized spacial score (nSPS) is 25.4. The standard InChI is InChI=1S/C10H16N4O2/c1-3-7(5-9(15)16)14-10(11-12-13-14)8-4-6(8)2/h6-8H,3-5H2,1-2H3,(H,15,16). The van der Waals surface area contributed by atoms with Crippen molar-refractivity contribution in [1.82, 2.24) is 20.2 Å². The van der Waals surface area contributed by atoms with Crippen LogP contribution in [0.1, 0.15) is 50.9 Å². The van der Waals surface area contributed by atoms with Crippen LogP contribution < -0.4 is 0 Å². The van der Waals surface area contributed by atoms with Crippen LogP contribution in [-0.4, -0.2) is 31.3 Å². The van der Waals surface area contributed by atoms with Gasteiger partial charge < -0.3 is 5.11 Å². The third-order valence-corrected chi connectivity index (χ3v) is 3.19. The number of aromatic nitrogens is 4. The molecule has 1 fully saturated rings. The highest BCUT2D eigenvalue weighted by atomic mass is 16.4. The van der Waals surface area contributed by atoms with Crippen LogP contribution in [0.3, 0.4) is 0 Å². The number of carboxylic acids is 1. The summed E-state index contributed by atoms with van der Waals surface area (Å²) < 4.78 is 1.70. The van der Waals surface area contributed by atoms with E-state index < -0.39 is 5.97 Å². The smallest absolute Gasteiger partial charge is 0.305 e. The molecule has 1 aliphatic carbocycles. The third kappa shape index (κ3) is 2.05. The summed E-state index contributed by atoms with van der Waals surface area (Å²) in [7, 11) is 0. The molecule has 3 unspecified atom stereocenters. The van der Waals surface area contributed by atoms with E-state index in [1.807, 2.05) is 6.92 Å². The molecule has 1 N–H and O–H groups in total. The van der Waals surface area contributed by atoms with E-state index in [4.69, 9.17) is 5.11 Å². The fourth-order valence-corrected chi connectivity index (χ4v) is 1.99. The Morgan fingerprint density at radius 1 is 1.69 bits per heavy atom. The number of tetrazole rings is 1. The molecule has 1 heterocycles. The molecular formula is C10H16N4O2. The van der Waals surface area contributed by atoms with Crippen molar-refractivity contribution in [3.63, 3.8) is 0 Å². The Morgan fingerprint density at radius 3 is 2.88 bits per heavy atom. The van der Waals surface area contributed by atoms with Crippen molar-refractivity contribution in [1.29, 1.82) is 0 Å². The fraction of sp³-hybridized carbons (Fsp3) is 0.800. The maximum absolute atomic E-state index is 10.7. The third-order valence-electron chi connectivity index (χ3n) is 3.19. The van der Waals surface area contributed by atoms with Gasteiger partial charge in [0.1, 0.15) is 0 Å². The predicted molar refractivity (Wildman–Crippen MR) is 55.9 cm³/mol. The van der Waals surface area contributed by atoms with Crippen molar-refractivity contribution < 1.29 is 9.90 Å². The molecule has 0 aliphatic heterocycles. The first-order valence-electron chi connectivity index (χ1n) is 5.63. The second kappa shape index (κ2) is 4.19. The first kappa shape index (κ1) is 11.0. The molecule has 3 atom stereocenters. The zero-order valence-corrected chi connectivity index (χ0v) is 9.50. The van der Waals surface area contributed by atoms with Crippen LogP contribution in [0.4, 0.5) is 0 Å². The molecule has 6 heteroatoms. The van der Waals surface area contributed by atoms with Gasteiger partial charge in [0.15, 0.2) is 5.82 Å². The van der Waals surface area contributed by atoms with Gasteiger partial charge in [0.05, 0.1) is 12.5 Å². The van der Waals surface area contributed by atoms with Crippen molar-refractivity contribution in [2.24, 2.45) is 5.92 Å². The maximum atomic E-state index is 10.7. The predicted octanol–water partition coefficient (Wildman–Crippen LogP) is 1.22. The number of nitrogens with zero attached hydrogens (tertiary/aromatic N) is 4. The van der Waals surface area contributed by atoms with Crippen molar-refractivity contribution >= 4 is 5.97 Å². The Hall–Kier alpha value is -1.46. The number of carbonyl (C=O) groups is 1. The highest BCUT2D eigenvalue weighted by molar-refractivity contribution is 5.67. The van der Waals surface area contributed by atoms with E-state index in [9.17, 15) is 4.79 Å². The Bertz CT molecular complexity index is 390. The molecule has 16 heavy (non-hydrogen) atoms. The van der Waals surface area contributed by atoms with Crippen LogP contribution in [0.5, 0.6) is 0 Å². The lowest BCUT2D eigenvalue weighted by Gasteiger charge is -2.13. The first-order chi connectivity index (χ1) is 7.63. The number of hydrogen-bond donors (Lipinski definition) is 1. The quantitative estimate of drug-likeness (QED) is 0.813. The molecule has 0 amide bonds. The molecule has 2 rings (SSSR count). The minimum absolute atomic E-state index is 0.0790. The van der Waals surface area contributed by atoms with Crippen LogP contribution in [0.2, 0.25) is 0 Å². The van der Waals surface area contributed by atoms with E-state index in [2.05, 4.69) is 22.4 Å². The molecule has 88 valence electrons. The van der Waals surface area contributed by atoms with Gasteiger partial charge in [0.25, 0.3) is 0 Å². The molecule has 1 aliphatic rings. The summed E-state index contributed by atoms with van der Waals surface area (Å²) in [4.78, 5) is 10.7. The minimum atomic E-state index is -0.808. The largest absolute Gasteiger partial charge is 0.481 e. The molecule has 0 spiro atoms. The molecule has 0 saturated heterocycles. The molecule has 1 aromatic heterocycles. The molecule has 0 bridgehead atoms. The second-order valence-corrected chi connectivity index (χ2v) is 4.46. The molecule has 1 saturated carbocycles. The Kier molecular flexibility index (Phi) is 2.89. The summed E-state index contributed by atoms with van der Waals surface area (Å²) in [6.07, 6.45) is 1.91. The van der Waals surface area contributed by atoms with Gasteiger partial charge in [-0.25, -0.2) is 4.68 Å². The van der Waals surface area contributed by atoms with Crippen LogP contribution in [0, 0.1) is 5.92 Å². The van der Waals surface area contributed by atoms with E-state index >= 15 is 0 Å². The number of carboxylic acid groups (broad SMARTS) is 1. The van der Waals surface area contributed by atoms with Gasteiger partial charge in [-0.3, -0.25) is 4.79 Å². The van der Waals surface area contributed by atoms with Crippen LogP contribution in [0.25, 0.3) is 0 Å². The lowest BCUT2D eigenvalue weighted by Crippen LogP contribution is -2.17. The zero-order chi connectivity index (χ0) is 11.7. The summed E-state index contributed by atoms with van der Waals surface area (Å²) >= 11 is 0. The summed E-state index contributed by atoms with van der Waals surface area (Å²) in [5.74, 6) is 1.07. The number of hydrogen-bond acceptors (Lipinski definition) is 4. The molecule has 0 radical (unpaired) electrons. The lowest BCUT2D eigenvalue weighted by atomic mass is 10.1. The van der Waals surface area contributed by atoms with Gasteiger partial charge >= 0.3 is 5.97 Å². The molecular weight excluding hydrogens is 208 g/mol. The van der Waals surface area contributed by atoms with Gasteiger partial charge in [0, 0.05) is 5.92 Å². The first-order valence-corrected chi connectivity index (χ1v) is 5.63. The number of rotatable bonds is 5. The van der Waals surface area contributed by atoms with E-state index in [0.29, 0.717) is 11.8 Å². The molecule has 6 nitrogen and oxygen atoms in total. The SMILES string of the molecule is CCC(CC(=O)O)n1nnnc1C1CC1C. The zero-order valence-electron chi connectivity index (χ0n) is 9.50. The second-order valence-electron chi connectivity index (χ2n) is 4.46. The Labute approximate surface area is 93.6 Å². The van der Waals surface area contributed by atoms with Gasteiger partial charge in [-0.2, -0.15) is 0 Å². The monoisotopic (exact) mass is 224 g/mol. The van der Waals surface area contributed by atoms with Gasteiger partial charge in [0.2, 0.25) is 0 Å². The van der Waals surface area contributed by atoms with Crippen molar-refractivity contribution in [3.8, 4) is 0 Å². The average molecular weight is 224 g/mol. The van der Waals surface area contributed by atoms with Gasteiger partial charge in [-0.05, 0) is 29.2 Å². The van der Waals surface area contributed by atoms with Crippen molar-refractivity contribution in [2.75, 3.05) is 0 Å². The van der Waals surface area contributed by atoms with E-state index in [-0.39, 0.29) is 12.5 Å². The number of aliphatic carboxylic acids is 1. The Balaban J connectivity index is 2.17. The lowest BCUT2D eigenvalue weighted by molar-refractivity contribution is -0.138. The Morgan fingerprint density at radius 2 is 2.38 bits per heavy atom. The van der Waals surface area contributed by atoms with Gasteiger partial charge in [-0.15, -0.1) is 5.10 Å². The summed E-state index contributed by atoms with van der Waals surface area (Å²) in [6, 6.07) is -0.129. The summed E-state index contributed by atoms with van der Waals surface area (Å²) in [5, 5.41) is 20.4. The van der Waals surface area contributed by atoms with E-state index in [1.165, 1.54) is 0 Å². The highest BCUT2D eigenvalue weighted by Gasteiger charge is 2.39. The van der Waals surface area contributed by atoms with Crippen LogP contribution in [-0.2, 0) is 4.79 Å². The summed E-state index contributed by atoms with van der Waals surface area (Å²) in [6.45, 7) is 4.11. The van der Waals surface area contributed by atoms with Crippen molar-refractivity contribution in [2.45, 2.75) is 45.1 Å². The van der Waals surface area contributed by atoms with Crippen LogP contribution in [0.15, 0.2) is 0 Å².